The van der Waals surface area contributed by atoms with Crippen molar-refractivity contribution in [2.75, 3.05) is 11.1 Å². The number of aromatic nitrogens is 2. The number of carbonyl (C=O) groups is 2. The van der Waals surface area contributed by atoms with Crippen molar-refractivity contribution in [2.24, 2.45) is 7.05 Å². The number of hydrogen-bond acceptors (Lipinski definition) is 4. The van der Waals surface area contributed by atoms with E-state index in [1.165, 1.54) is 11.8 Å². The molecule has 5 nitrogen and oxygen atoms in total. The van der Waals surface area contributed by atoms with E-state index in [-0.39, 0.29) is 17.6 Å². The van der Waals surface area contributed by atoms with E-state index in [0.717, 1.165) is 16.4 Å². The number of thioether (sulfide) groups is 1. The first-order chi connectivity index (χ1) is 10.1. The normalized spacial score (nSPS) is 16.7. The van der Waals surface area contributed by atoms with Crippen molar-refractivity contribution < 1.29 is 9.59 Å². The number of aryl methyl sites for hydroxylation is 1. The van der Waals surface area contributed by atoms with Gasteiger partial charge in [-0.05, 0) is 30.7 Å². The standard InChI is InChI=1S/C15H15N3O2S/c1-9-11-7-10(3-4-12(11)17-14(9)20)13(19)8-21-15-16-5-6-18(15)2/h3-7,9H,8H2,1-2H3,(H,17,20)/t9-/m1/s1. The van der Waals surface area contributed by atoms with Gasteiger partial charge in [0.15, 0.2) is 10.9 Å². The number of nitrogens with one attached hydrogen (secondary N) is 1. The van der Waals surface area contributed by atoms with E-state index >= 15 is 0 Å². The van der Waals surface area contributed by atoms with Crippen LogP contribution in [0.1, 0.15) is 28.8 Å². The van der Waals surface area contributed by atoms with E-state index in [9.17, 15) is 9.59 Å². The number of nitrogens with zero attached hydrogens (tertiary/aromatic N) is 2. The molecule has 1 atom stereocenters. The summed E-state index contributed by atoms with van der Waals surface area (Å²) in [6.45, 7) is 1.85. The Morgan fingerprint density at radius 1 is 1.48 bits per heavy atom. The summed E-state index contributed by atoms with van der Waals surface area (Å²) in [6, 6.07) is 5.38. The highest BCUT2D eigenvalue weighted by Gasteiger charge is 2.27. The van der Waals surface area contributed by atoms with Crippen LogP contribution in [-0.4, -0.2) is 27.0 Å². The average molecular weight is 301 g/mol. The van der Waals surface area contributed by atoms with Crippen LogP contribution in [0.15, 0.2) is 35.7 Å². The summed E-state index contributed by atoms with van der Waals surface area (Å²) in [7, 11) is 1.90. The average Bonchev–Trinajstić information content (AvgIpc) is 3.01. The predicted molar refractivity (Wildman–Crippen MR) is 81.7 cm³/mol. The minimum absolute atomic E-state index is 0.0167. The van der Waals surface area contributed by atoms with Crippen molar-refractivity contribution in [3.63, 3.8) is 0 Å². The Balaban J connectivity index is 1.74. The fourth-order valence-corrected chi connectivity index (χ4v) is 3.12. The van der Waals surface area contributed by atoms with Crippen molar-refractivity contribution in [3.8, 4) is 0 Å². The lowest BCUT2D eigenvalue weighted by Crippen LogP contribution is -2.08. The first-order valence-electron chi connectivity index (χ1n) is 6.64. The summed E-state index contributed by atoms with van der Waals surface area (Å²) in [5.41, 5.74) is 2.34. The maximum absolute atomic E-state index is 12.3. The van der Waals surface area contributed by atoms with E-state index in [4.69, 9.17) is 0 Å². The van der Waals surface area contributed by atoms with E-state index in [0.29, 0.717) is 11.3 Å². The second-order valence-electron chi connectivity index (χ2n) is 5.05. The van der Waals surface area contributed by atoms with Gasteiger partial charge in [-0.25, -0.2) is 4.98 Å². The molecule has 0 unspecified atom stereocenters. The molecule has 0 saturated heterocycles. The molecule has 0 spiro atoms. The number of imidazole rings is 1. The molecule has 1 N–H and O–H groups in total. The van der Waals surface area contributed by atoms with Crippen molar-refractivity contribution in [3.05, 3.63) is 41.7 Å². The Hall–Kier alpha value is -2.08. The molecule has 6 heteroatoms. The largest absolute Gasteiger partial charge is 0.329 e. The molecule has 0 fully saturated rings. The number of carbonyl (C=O) groups excluding carboxylic acids is 2. The SMILES string of the molecule is C[C@H]1C(=O)Nc2ccc(C(=O)CSc3nccn3C)cc21. The summed E-state index contributed by atoms with van der Waals surface area (Å²) in [5.74, 6) is 0.156. The molecule has 1 aliphatic rings. The van der Waals surface area contributed by atoms with Crippen molar-refractivity contribution in [2.45, 2.75) is 18.0 Å². The smallest absolute Gasteiger partial charge is 0.231 e. The van der Waals surface area contributed by atoms with Gasteiger partial charge in [0.05, 0.1) is 11.7 Å². The van der Waals surface area contributed by atoms with Gasteiger partial charge in [-0.15, -0.1) is 0 Å². The van der Waals surface area contributed by atoms with Crippen LogP contribution in [0.2, 0.25) is 0 Å². The summed E-state index contributed by atoms with van der Waals surface area (Å²) in [5, 5.41) is 3.62. The predicted octanol–water partition coefficient (Wildman–Crippen LogP) is 2.45. The third-order valence-corrected chi connectivity index (χ3v) is 4.66. The molecule has 108 valence electrons. The van der Waals surface area contributed by atoms with Crippen molar-refractivity contribution in [1.82, 2.24) is 9.55 Å². The maximum atomic E-state index is 12.3. The number of benzene rings is 1. The highest BCUT2D eigenvalue weighted by molar-refractivity contribution is 7.99. The van der Waals surface area contributed by atoms with Crippen LogP contribution in [0.25, 0.3) is 0 Å². The molecule has 0 radical (unpaired) electrons. The molecule has 1 amide bonds. The Kier molecular flexibility index (Phi) is 3.55. The zero-order chi connectivity index (χ0) is 15.0. The van der Waals surface area contributed by atoms with Gasteiger partial charge in [0.2, 0.25) is 5.91 Å². The maximum Gasteiger partial charge on any atom is 0.231 e. The molecule has 1 aliphatic heterocycles. The summed E-state index contributed by atoms with van der Waals surface area (Å²) < 4.78 is 1.88. The number of amides is 1. The third kappa shape index (κ3) is 2.58. The molecule has 1 aromatic carbocycles. The molecule has 0 bridgehead atoms. The third-order valence-electron chi connectivity index (χ3n) is 3.60. The molecule has 0 saturated carbocycles. The van der Waals surface area contributed by atoms with Crippen LogP contribution in [-0.2, 0) is 11.8 Å². The Morgan fingerprint density at radius 2 is 2.29 bits per heavy atom. The Labute approximate surface area is 126 Å². The van der Waals surface area contributed by atoms with Crippen LogP contribution < -0.4 is 5.32 Å². The van der Waals surface area contributed by atoms with E-state index in [1.54, 1.807) is 18.3 Å². The van der Waals surface area contributed by atoms with Crippen LogP contribution in [0.5, 0.6) is 0 Å². The number of anilines is 1. The van der Waals surface area contributed by atoms with Crippen LogP contribution in [0, 0.1) is 0 Å². The fraction of sp³-hybridized carbons (Fsp3) is 0.267. The summed E-state index contributed by atoms with van der Waals surface area (Å²) in [6.07, 6.45) is 3.56. The second-order valence-corrected chi connectivity index (χ2v) is 5.99. The number of hydrogen-bond donors (Lipinski definition) is 1. The quantitative estimate of drug-likeness (QED) is 0.696. The van der Waals surface area contributed by atoms with Gasteiger partial charge in [0.25, 0.3) is 0 Å². The van der Waals surface area contributed by atoms with Gasteiger partial charge in [-0.2, -0.15) is 0 Å². The van der Waals surface area contributed by atoms with Gasteiger partial charge in [0, 0.05) is 30.7 Å². The van der Waals surface area contributed by atoms with Crippen molar-refractivity contribution in [1.29, 1.82) is 0 Å². The molecular formula is C15H15N3O2S. The molecular weight excluding hydrogens is 286 g/mol. The lowest BCUT2D eigenvalue weighted by Gasteiger charge is -2.05. The van der Waals surface area contributed by atoms with Crippen LogP contribution >= 0.6 is 11.8 Å². The number of fused-ring (bicyclic) bond motifs is 1. The first-order valence-corrected chi connectivity index (χ1v) is 7.63. The summed E-state index contributed by atoms with van der Waals surface area (Å²) in [4.78, 5) is 28.1. The van der Waals surface area contributed by atoms with E-state index < -0.39 is 0 Å². The molecule has 21 heavy (non-hydrogen) atoms. The summed E-state index contributed by atoms with van der Waals surface area (Å²) >= 11 is 1.41. The minimum Gasteiger partial charge on any atom is -0.329 e. The van der Waals surface area contributed by atoms with Gasteiger partial charge in [-0.3, -0.25) is 9.59 Å². The van der Waals surface area contributed by atoms with E-state index in [2.05, 4.69) is 10.3 Å². The molecule has 3 rings (SSSR count). The number of Topliss-reactive ketones (excluding diaryl/α,β-unsaturated/α-hetero) is 1. The number of rotatable bonds is 4. The fourth-order valence-electron chi connectivity index (χ4n) is 2.29. The van der Waals surface area contributed by atoms with Gasteiger partial charge in [-0.1, -0.05) is 11.8 Å². The lowest BCUT2D eigenvalue weighted by atomic mass is 9.99. The first kappa shape index (κ1) is 13.9. The highest BCUT2D eigenvalue weighted by Crippen LogP contribution is 2.33. The zero-order valence-electron chi connectivity index (χ0n) is 11.8. The minimum atomic E-state index is -0.199. The van der Waals surface area contributed by atoms with Crippen LogP contribution in [0.4, 0.5) is 5.69 Å². The molecule has 2 aromatic rings. The van der Waals surface area contributed by atoms with Gasteiger partial charge >= 0.3 is 0 Å². The monoisotopic (exact) mass is 301 g/mol. The van der Waals surface area contributed by atoms with Crippen molar-refractivity contribution >= 4 is 29.1 Å². The Morgan fingerprint density at radius 3 is 3.00 bits per heavy atom. The van der Waals surface area contributed by atoms with Gasteiger partial charge in [0.1, 0.15) is 0 Å². The number of ketones is 1. The molecule has 2 heterocycles. The molecule has 1 aromatic heterocycles. The topological polar surface area (TPSA) is 64.0 Å². The second kappa shape index (κ2) is 5.37. The van der Waals surface area contributed by atoms with E-state index in [1.807, 2.05) is 30.8 Å². The molecule has 0 aliphatic carbocycles. The lowest BCUT2D eigenvalue weighted by molar-refractivity contribution is -0.116. The van der Waals surface area contributed by atoms with Crippen LogP contribution in [0.3, 0.4) is 0 Å². The van der Waals surface area contributed by atoms with Gasteiger partial charge < -0.3 is 9.88 Å². The highest BCUT2D eigenvalue weighted by atomic mass is 32.2. The Bertz CT molecular complexity index is 723. The zero-order valence-corrected chi connectivity index (χ0v) is 12.6.